The molecule has 0 spiro atoms. The topological polar surface area (TPSA) is 65.1 Å². The van der Waals surface area contributed by atoms with Gasteiger partial charge in [0.15, 0.2) is 0 Å². The molecule has 3 aliphatic rings. The number of hydrogen-bond acceptors (Lipinski definition) is 5. The van der Waals surface area contributed by atoms with Gasteiger partial charge >= 0.3 is 6.09 Å². The predicted molar refractivity (Wildman–Crippen MR) is 148 cm³/mol. The molecule has 2 unspecified atom stereocenters. The van der Waals surface area contributed by atoms with Gasteiger partial charge in [0.25, 0.3) is 0 Å². The van der Waals surface area contributed by atoms with Gasteiger partial charge in [0, 0.05) is 54.6 Å². The van der Waals surface area contributed by atoms with E-state index in [-0.39, 0.29) is 42.1 Å². The molecule has 2 bridgehead atoms. The van der Waals surface area contributed by atoms with Crippen LogP contribution in [0.4, 0.5) is 21.9 Å². The average molecular weight is 505 g/mol. The molecule has 0 radical (unpaired) electrons. The normalized spacial score (nSPS) is 27.1. The van der Waals surface area contributed by atoms with Crippen LogP contribution in [0.15, 0.2) is 48.5 Å². The lowest BCUT2D eigenvalue weighted by Crippen LogP contribution is -2.56. The molecule has 0 aliphatic carbocycles. The molecule has 3 heterocycles. The number of nitrogens with zero attached hydrogens (tertiary/aromatic N) is 3. The number of piperazine rings is 1. The molecule has 2 fully saturated rings. The van der Waals surface area contributed by atoms with Crippen LogP contribution < -0.4 is 15.1 Å². The Hall–Kier alpha value is -3.22. The summed E-state index contributed by atoms with van der Waals surface area (Å²) >= 11 is 0. The Morgan fingerprint density at radius 3 is 2.22 bits per heavy atom. The fourth-order valence-corrected chi connectivity index (χ4v) is 6.33. The molecule has 0 saturated carbocycles. The molecule has 2 aromatic rings. The molecule has 1 N–H and O–H groups in total. The lowest BCUT2D eigenvalue weighted by atomic mass is 9.82. The summed E-state index contributed by atoms with van der Waals surface area (Å²) in [6.45, 7) is 13.3. The first-order valence-corrected chi connectivity index (χ1v) is 13.5. The Bertz CT molecular complexity index is 1150. The van der Waals surface area contributed by atoms with Gasteiger partial charge in [-0.05, 0) is 70.9 Å². The number of ether oxygens (including phenoxy) is 1. The number of para-hydroxylation sites is 1. The molecular weight excluding hydrogens is 464 g/mol. The molecule has 5 rings (SSSR count). The number of fused-ring (bicyclic) bond motifs is 3. The minimum Gasteiger partial charge on any atom is -0.444 e. The van der Waals surface area contributed by atoms with Crippen molar-refractivity contribution >= 4 is 29.1 Å². The molecule has 2 aromatic carbocycles. The highest BCUT2D eigenvalue weighted by molar-refractivity contribution is 5.94. The van der Waals surface area contributed by atoms with E-state index in [1.165, 1.54) is 0 Å². The number of rotatable bonds is 3. The average Bonchev–Trinajstić information content (AvgIpc) is 3.11. The lowest BCUT2D eigenvalue weighted by Gasteiger charge is -2.45. The molecule has 2 amide bonds. The smallest absolute Gasteiger partial charge is 0.410 e. The van der Waals surface area contributed by atoms with Gasteiger partial charge in [0.05, 0.1) is 18.1 Å². The van der Waals surface area contributed by atoms with E-state index in [0.717, 1.165) is 48.6 Å². The standard InChI is InChI=1S/C30H40N4O3/c1-19-20(2)33(21(3)35)27-15-14-23(16-26(27)28(19)31-22-10-8-7-9-11-22)32-17-24-12-13-25(18-32)34(24)29(36)37-30(4,5)6/h7-11,14-16,19-20,24-25,28,31H,12-13,17-18H2,1-6H3/t19-,20-,24?,25?,28+/m0/s1. The number of hydrogen-bond donors (Lipinski definition) is 1. The van der Waals surface area contributed by atoms with Gasteiger partial charge in [-0.1, -0.05) is 25.1 Å². The van der Waals surface area contributed by atoms with Crippen molar-refractivity contribution in [2.75, 3.05) is 28.2 Å². The Morgan fingerprint density at radius 1 is 0.973 bits per heavy atom. The monoisotopic (exact) mass is 504 g/mol. The van der Waals surface area contributed by atoms with Crippen molar-refractivity contribution in [3.8, 4) is 0 Å². The van der Waals surface area contributed by atoms with E-state index in [1.54, 1.807) is 6.92 Å². The number of anilines is 3. The quantitative estimate of drug-likeness (QED) is 0.571. The van der Waals surface area contributed by atoms with Crippen LogP contribution in [0.25, 0.3) is 0 Å². The van der Waals surface area contributed by atoms with Crippen LogP contribution in [0.1, 0.15) is 66.0 Å². The first kappa shape index (κ1) is 25.4. The van der Waals surface area contributed by atoms with E-state index in [9.17, 15) is 9.59 Å². The van der Waals surface area contributed by atoms with Crippen LogP contribution >= 0.6 is 0 Å². The molecule has 7 nitrogen and oxygen atoms in total. The minimum atomic E-state index is -0.497. The lowest BCUT2D eigenvalue weighted by molar-refractivity contribution is -0.117. The maximum absolute atomic E-state index is 12.9. The fourth-order valence-electron chi connectivity index (χ4n) is 6.33. The first-order valence-electron chi connectivity index (χ1n) is 13.5. The third-order valence-electron chi connectivity index (χ3n) is 8.19. The summed E-state index contributed by atoms with van der Waals surface area (Å²) < 4.78 is 5.72. The first-order chi connectivity index (χ1) is 17.5. The van der Waals surface area contributed by atoms with Crippen molar-refractivity contribution < 1.29 is 14.3 Å². The summed E-state index contributed by atoms with van der Waals surface area (Å²) in [7, 11) is 0. The van der Waals surface area contributed by atoms with Crippen molar-refractivity contribution in [1.29, 1.82) is 0 Å². The Morgan fingerprint density at radius 2 is 1.62 bits per heavy atom. The fraction of sp³-hybridized carbons (Fsp3) is 0.533. The van der Waals surface area contributed by atoms with Crippen molar-refractivity contribution in [3.63, 3.8) is 0 Å². The molecule has 5 atom stereocenters. The summed E-state index contributed by atoms with van der Waals surface area (Å²) in [6, 6.07) is 17.2. The zero-order chi connectivity index (χ0) is 26.5. The van der Waals surface area contributed by atoms with Crippen molar-refractivity contribution in [1.82, 2.24) is 4.90 Å². The van der Waals surface area contributed by atoms with Gasteiger partial charge in [0.1, 0.15) is 5.60 Å². The number of benzene rings is 2. The number of carbonyl (C=O) groups excluding carboxylic acids is 2. The second-order valence-electron chi connectivity index (χ2n) is 11.9. The zero-order valence-corrected chi connectivity index (χ0v) is 22.9. The summed E-state index contributed by atoms with van der Waals surface area (Å²) in [4.78, 5) is 32.0. The molecule has 2 saturated heterocycles. The van der Waals surface area contributed by atoms with E-state index in [4.69, 9.17) is 4.74 Å². The minimum absolute atomic E-state index is 0.0653. The van der Waals surface area contributed by atoms with Gasteiger partial charge < -0.3 is 19.9 Å². The third-order valence-corrected chi connectivity index (χ3v) is 8.19. The molecular formula is C30H40N4O3. The summed E-state index contributed by atoms with van der Waals surface area (Å²) in [5.41, 5.74) is 3.84. The molecule has 7 heteroatoms. The number of amides is 2. The second-order valence-corrected chi connectivity index (χ2v) is 11.9. The predicted octanol–water partition coefficient (Wildman–Crippen LogP) is 5.82. The Labute approximate surface area is 220 Å². The van der Waals surface area contributed by atoms with Crippen LogP contribution in [0.3, 0.4) is 0 Å². The van der Waals surface area contributed by atoms with E-state index in [0.29, 0.717) is 0 Å². The van der Waals surface area contributed by atoms with Crippen molar-refractivity contribution in [3.05, 3.63) is 54.1 Å². The summed E-state index contributed by atoms with van der Waals surface area (Å²) in [6.07, 6.45) is 1.80. The SMILES string of the molecule is CC(=O)N1c2ccc(N3CC4CCC(C3)N4C(=O)OC(C)(C)C)cc2[C@H](Nc2ccccc2)[C@@H](C)[C@@H]1C. The van der Waals surface area contributed by atoms with Crippen LogP contribution in [0.2, 0.25) is 0 Å². The van der Waals surface area contributed by atoms with E-state index in [2.05, 4.69) is 54.4 Å². The maximum atomic E-state index is 12.9. The largest absolute Gasteiger partial charge is 0.444 e. The van der Waals surface area contributed by atoms with Gasteiger partial charge in [-0.2, -0.15) is 0 Å². The van der Waals surface area contributed by atoms with E-state index >= 15 is 0 Å². The van der Waals surface area contributed by atoms with E-state index in [1.807, 2.05) is 48.8 Å². The van der Waals surface area contributed by atoms with Crippen LogP contribution in [-0.4, -0.2) is 53.7 Å². The van der Waals surface area contributed by atoms with Crippen molar-refractivity contribution in [2.24, 2.45) is 5.92 Å². The zero-order valence-electron chi connectivity index (χ0n) is 22.9. The summed E-state index contributed by atoms with van der Waals surface area (Å²) in [5, 5.41) is 3.75. The molecule has 0 aromatic heterocycles. The number of nitrogens with one attached hydrogen (secondary N) is 1. The summed E-state index contributed by atoms with van der Waals surface area (Å²) in [5.74, 6) is 0.280. The van der Waals surface area contributed by atoms with Gasteiger partial charge in [-0.15, -0.1) is 0 Å². The molecule has 37 heavy (non-hydrogen) atoms. The highest BCUT2D eigenvalue weighted by atomic mass is 16.6. The van der Waals surface area contributed by atoms with E-state index < -0.39 is 5.60 Å². The Balaban J connectivity index is 1.45. The highest BCUT2D eigenvalue weighted by Gasteiger charge is 2.45. The van der Waals surface area contributed by atoms with Crippen LogP contribution in [0.5, 0.6) is 0 Å². The highest BCUT2D eigenvalue weighted by Crippen LogP contribution is 2.45. The third kappa shape index (κ3) is 4.88. The number of carbonyl (C=O) groups is 2. The maximum Gasteiger partial charge on any atom is 0.410 e. The second kappa shape index (κ2) is 9.58. The molecule has 198 valence electrons. The van der Waals surface area contributed by atoms with Crippen molar-refractivity contribution in [2.45, 2.75) is 84.2 Å². The molecule has 3 aliphatic heterocycles. The van der Waals surface area contributed by atoms with Gasteiger partial charge in [-0.3, -0.25) is 9.69 Å². The van der Waals surface area contributed by atoms with Crippen LogP contribution in [-0.2, 0) is 9.53 Å². The van der Waals surface area contributed by atoms with Gasteiger partial charge in [-0.25, -0.2) is 4.79 Å². The van der Waals surface area contributed by atoms with Gasteiger partial charge in [0.2, 0.25) is 5.91 Å². The van der Waals surface area contributed by atoms with Crippen LogP contribution in [0, 0.1) is 5.92 Å². The Kier molecular flexibility index (Phi) is 6.59.